The van der Waals surface area contributed by atoms with E-state index in [0.29, 0.717) is 56.1 Å². The van der Waals surface area contributed by atoms with Gasteiger partial charge in [0.1, 0.15) is 11.8 Å². The molecule has 0 spiro atoms. The summed E-state index contributed by atoms with van der Waals surface area (Å²) in [7, 11) is 1.54. The number of methoxy groups -OCH3 is 1. The van der Waals surface area contributed by atoms with E-state index in [1.807, 2.05) is 18.7 Å². The number of likely N-dealkylation sites (tertiary alicyclic amines) is 1. The Hall–Kier alpha value is -2.83. The SMILES string of the molecule is C=CCNC(=O)C(NC(=O)c1cccc(OC)c1)C1CCN(C(=O)CC(C)C)CC1. The van der Waals surface area contributed by atoms with Gasteiger partial charge in [-0.05, 0) is 42.9 Å². The van der Waals surface area contributed by atoms with Gasteiger partial charge < -0.3 is 20.3 Å². The minimum absolute atomic E-state index is 0.0486. The molecule has 1 heterocycles. The summed E-state index contributed by atoms with van der Waals surface area (Å²) in [6.45, 7) is 9.19. The minimum Gasteiger partial charge on any atom is -0.497 e. The maximum absolute atomic E-state index is 12.8. The average Bonchev–Trinajstić information content (AvgIpc) is 2.75. The molecule has 2 N–H and O–H groups in total. The number of amides is 3. The predicted octanol–water partition coefficient (Wildman–Crippen LogP) is 2.38. The molecule has 0 aliphatic carbocycles. The van der Waals surface area contributed by atoms with Crippen LogP contribution in [0.2, 0.25) is 0 Å². The summed E-state index contributed by atoms with van der Waals surface area (Å²) < 4.78 is 5.18. The zero-order valence-electron chi connectivity index (χ0n) is 18.1. The number of hydrogen-bond acceptors (Lipinski definition) is 4. The number of ether oxygens (including phenoxy) is 1. The molecule has 1 unspecified atom stereocenters. The molecular formula is C23H33N3O4. The summed E-state index contributed by atoms with van der Waals surface area (Å²) in [6, 6.07) is 6.14. The van der Waals surface area contributed by atoms with Gasteiger partial charge >= 0.3 is 0 Å². The Morgan fingerprint density at radius 1 is 1.27 bits per heavy atom. The first-order valence-corrected chi connectivity index (χ1v) is 10.5. The first-order chi connectivity index (χ1) is 14.3. The van der Waals surface area contributed by atoms with Crippen LogP contribution in [0.25, 0.3) is 0 Å². The van der Waals surface area contributed by atoms with Crippen LogP contribution in [0, 0.1) is 11.8 Å². The number of carbonyl (C=O) groups excluding carboxylic acids is 3. The van der Waals surface area contributed by atoms with Crippen molar-refractivity contribution >= 4 is 17.7 Å². The fourth-order valence-corrected chi connectivity index (χ4v) is 3.63. The van der Waals surface area contributed by atoms with Crippen molar-refractivity contribution < 1.29 is 19.1 Å². The highest BCUT2D eigenvalue weighted by molar-refractivity contribution is 5.98. The third-order valence-electron chi connectivity index (χ3n) is 5.27. The van der Waals surface area contributed by atoms with Crippen molar-refractivity contribution in [2.24, 2.45) is 11.8 Å². The predicted molar refractivity (Wildman–Crippen MR) is 116 cm³/mol. The number of nitrogens with zero attached hydrogens (tertiary/aromatic N) is 1. The number of piperidine rings is 1. The first-order valence-electron chi connectivity index (χ1n) is 10.5. The Morgan fingerprint density at radius 2 is 1.97 bits per heavy atom. The molecule has 1 atom stereocenters. The van der Waals surface area contributed by atoms with Gasteiger partial charge in [0.2, 0.25) is 11.8 Å². The summed E-state index contributed by atoms with van der Waals surface area (Å²) in [6.07, 6.45) is 3.45. The molecule has 1 aliphatic heterocycles. The lowest BCUT2D eigenvalue weighted by atomic mass is 9.88. The normalized spacial score (nSPS) is 15.4. The summed E-state index contributed by atoms with van der Waals surface area (Å²) in [5.74, 6) is 0.426. The van der Waals surface area contributed by atoms with Gasteiger partial charge in [0.15, 0.2) is 0 Å². The van der Waals surface area contributed by atoms with Gasteiger partial charge in [-0.3, -0.25) is 14.4 Å². The van der Waals surface area contributed by atoms with Crippen molar-refractivity contribution in [1.82, 2.24) is 15.5 Å². The molecule has 3 amide bonds. The van der Waals surface area contributed by atoms with Gasteiger partial charge in [-0.2, -0.15) is 0 Å². The standard InChI is InChI=1S/C23H33N3O4/c1-5-11-24-23(29)21(25-22(28)18-7-6-8-19(15-18)30-4)17-9-12-26(13-10-17)20(27)14-16(2)3/h5-8,15-17,21H,1,9-14H2,2-4H3,(H,24,29)(H,25,28). The Kier molecular flexibility index (Phi) is 8.89. The number of benzene rings is 1. The van der Waals surface area contributed by atoms with E-state index in [1.165, 1.54) is 7.11 Å². The quantitative estimate of drug-likeness (QED) is 0.606. The molecule has 30 heavy (non-hydrogen) atoms. The second-order valence-corrected chi connectivity index (χ2v) is 8.03. The minimum atomic E-state index is -0.675. The molecule has 0 radical (unpaired) electrons. The van der Waals surface area contributed by atoms with Crippen LogP contribution in [0.4, 0.5) is 0 Å². The average molecular weight is 416 g/mol. The molecular weight excluding hydrogens is 382 g/mol. The molecule has 1 fully saturated rings. The lowest BCUT2D eigenvalue weighted by Crippen LogP contribution is -2.53. The highest BCUT2D eigenvalue weighted by atomic mass is 16.5. The maximum atomic E-state index is 12.8. The summed E-state index contributed by atoms with van der Waals surface area (Å²) in [5.41, 5.74) is 0.431. The zero-order valence-corrected chi connectivity index (χ0v) is 18.1. The Balaban J connectivity index is 2.08. The zero-order chi connectivity index (χ0) is 22.1. The van der Waals surface area contributed by atoms with E-state index in [2.05, 4.69) is 17.2 Å². The fraction of sp³-hybridized carbons (Fsp3) is 0.522. The van der Waals surface area contributed by atoms with Crippen LogP contribution >= 0.6 is 0 Å². The van der Waals surface area contributed by atoms with Crippen LogP contribution < -0.4 is 15.4 Å². The second-order valence-electron chi connectivity index (χ2n) is 8.03. The van der Waals surface area contributed by atoms with Gasteiger partial charge in [-0.1, -0.05) is 26.0 Å². The number of nitrogens with one attached hydrogen (secondary N) is 2. The Labute approximate surface area is 178 Å². The van der Waals surface area contributed by atoms with Gasteiger partial charge in [-0.25, -0.2) is 0 Å². The van der Waals surface area contributed by atoms with E-state index in [1.54, 1.807) is 30.3 Å². The third-order valence-corrected chi connectivity index (χ3v) is 5.27. The van der Waals surface area contributed by atoms with Gasteiger partial charge in [0, 0.05) is 31.6 Å². The molecule has 7 heteroatoms. The number of hydrogen-bond donors (Lipinski definition) is 2. The largest absolute Gasteiger partial charge is 0.497 e. The second kappa shape index (κ2) is 11.4. The van der Waals surface area contributed by atoms with E-state index in [0.717, 1.165) is 0 Å². The molecule has 1 aromatic carbocycles. The number of rotatable bonds is 9. The lowest BCUT2D eigenvalue weighted by Gasteiger charge is -2.36. The van der Waals surface area contributed by atoms with E-state index >= 15 is 0 Å². The van der Waals surface area contributed by atoms with Crippen LogP contribution in [-0.4, -0.2) is 55.4 Å². The summed E-state index contributed by atoms with van der Waals surface area (Å²) in [4.78, 5) is 39.8. The highest BCUT2D eigenvalue weighted by Crippen LogP contribution is 2.23. The van der Waals surface area contributed by atoms with Crippen LogP contribution in [0.5, 0.6) is 5.75 Å². The van der Waals surface area contributed by atoms with Gasteiger partial charge in [0.25, 0.3) is 5.91 Å². The van der Waals surface area contributed by atoms with Crippen molar-refractivity contribution in [1.29, 1.82) is 0 Å². The molecule has 1 aliphatic rings. The van der Waals surface area contributed by atoms with E-state index in [4.69, 9.17) is 4.74 Å². The Morgan fingerprint density at radius 3 is 2.57 bits per heavy atom. The smallest absolute Gasteiger partial charge is 0.252 e. The molecule has 1 saturated heterocycles. The van der Waals surface area contributed by atoms with Crippen molar-refractivity contribution in [3.8, 4) is 5.75 Å². The topological polar surface area (TPSA) is 87.7 Å². The fourth-order valence-electron chi connectivity index (χ4n) is 3.63. The van der Waals surface area contributed by atoms with Crippen LogP contribution in [-0.2, 0) is 9.59 Å². The van der Waals surface area contributed by atoms with Crippen LogP contribution in [0.3, 0.4) is 0 Å². The molecule has 1 aromatic rings. The van der Waals surface area contributed by atoms with Gasteiger partial charge in [0.05, 0.1) is 7.11 Å². The lowest BCUT2D eigenvalue weighted by molar-refractivity contribution is -0.133. The monoisotopic (exact) mass is 415 g/mol. The van der Waals surface area contributed by atoms with E-state index in [-0.39, 0.29) is 23.6 Å². The van der Waals surface area contributed by atoms with Crippen molar-refractivity contribution in [2.75, 3.05) is 26.7 Å². The summed E-state index contributed by atoms with van der Waals surface area (Å²) in [5, 5.41) is 5.69. The summed E-state index contributed by atoms with van der Waals surface area (Å²) >= 11 is 0. The first kappa shape index (κ1) is 23.4. The van der Waals surface area contributed by atoms with Gasteiger partial charge in [-0.15, -0.1) is 6.58 Å². The molecule has 2 rings (SSSR count). The molecule has 7 nitrogen and oxygen atoms in total. The molecule has 0 saturated carbocycles. The van der Waals surface area contributed by atoms with E-state index < -0.39 is 6.04 Å². The molecule has 164 valence electrons. The highest BCUT2D eigenvalue weighted by Gasteiger charge is 2.33. The van der Waals surface area contributed by atoms with E-state index in [9.17, 15) is 14.4 Å². The third kappa shape index (κ3) is 6.61. The molecule has 0 bridgehead atoms. The van der Waals surface area contributed by atoms with Crippen molar-refractivity contribution in [3.05, 3.63) is 42.5 Å². The van der Waals surface area contributed by atoms with Crippen molar-refractivity contribution in [2.45, 2.75) is 39.2 Å². The van der Waals surface area contributed by atoms with Crippen molar-refractivity contribution in [3.63, 3.8) is 0 Å². The number of carbonyl (C=O) groups is 3. The molecule has 0 aromatic heterocycles. The van der Waals surface area contributed by atoms with Crippen LogP contribution in [0.1, 0.15) is 43.5 Å². The van der Waals surface area contributed by atoms with Crippen LogP contribution in [0.15, 0.2) is 36.9 Å². The maximum Gasteiger partial charge on any atom is 0.252 e. The Bertz CT molecular complexity index is 755.